The van der Waals surface area contributed by atoms with Crippen molar-refractivity contribution >= 4 is 11.3 Å². The molecule has 1 unspecified atom stereocenters. The van der Waals surface area contributed by atoms with Gasteiger partial charge in [-0.05, 0) is 28.6 Å². The van der Waals surface area contributed by atoms with Crippen molar-refractivity contribution in [2.45, 2.75) is 6.17 Å². The number of hydrogen-bond donors (Lipinski definition) is 1. The van der Waals surface area contributed by atoms with E-state index in [-0.39, 0.29) is 0 Å². The summed E-state index contributed by atoms with van der Waals surface area (Å²) in [6.07, 6.45) is 0.597. The molecule has 3 heteroatoms. The van der Waals surface area contributed by atoms with Crippen molar-refractivity contribution in [3.63, 3.8) is 0 Å². The summed E-state index contributed by atoms with van der Waals surface area (Å²) in [5.74, 6) is 0. The molecule has 1 aromatic heterocycles. The highest BCUT2D eigenvalue weighted by Crippen LogP contribution is 2.27. The Morgan fingerprint density at radius 3 is 2.50 bits per heavy atom. The van der Waals surface area contributed by atoms with Crippen molar-refractivity contribution in [3.05, 3.63) is 59.7 Å². The predicted molar refractivity (Wildman–Crippen MR) is 65.4 cm³/mol. The Bertz CT molecular complexity index is 459. The predicted octanol–water partition coefficient (Wildman–Crippen LogP) is 4.50. The number of thiophene rings is 1. The Morgan fingerprint density at radius 2 is 1.94 bits per heavy atom. The van der Waals surface area contributed by atoms with Crippen LogP contribution in [-0.2, 0) is 0 Å². The lowest BCUT2D eigenvalue weighted by atomic mass is 10.1. The second-order valence-corrected chi connectivity index (χ2v) is 4.29. The first-order chi connectivity index (χ1) is 7.81. The Balaban J connectivity index is 2.23. The van der Waals surface area contributed by atoms with Crippen LogP contribution < -0.4 is 0 Å². The van der Waals surface area contributed by atoms with Crippen molar-refractivity contribution in [1.82, 2.24) is 0 Å². The SMILES string of the molecule is O/C=C\C(F)c1ccc(-c2cccs2)cc1. The van der Waals surface area contributed by atoms with Gasteiger partial charge in [-0.1, -0.05) is 30.3 Å². The molecule has 0 spiro atoms. The number of allylic oxidation sites excluding steroid dienone is 1. The molecule has 0 saturated carbocycles. The summed E-state index contributed by atoms with van der Waals surface area (Å²) in [6.45, 7) is 0. The molecule has 0 saturated heterocycles. The number of alkyl halides is 1. The van der Waals surface area contributed by atoms with E-state index in [9.17, 15) is 4.39 Å². The molecule has 1 N–H and O–H groups in total. The van der Waals surface area contributed by atoms with E-state index in [1.165, 1.54) is 4.88 Å². The lowest BCUT2D eigenvalue weighted by Gasteiger charge is -2.04. The van der Waals surface area contributed by atoms with Crippen LogP contribution in [0.1, 0.15) is 11.7 Å². The molecule has 2 rings (SSSR count). The maximum atomic E-state index is 13.4. The fraction of sp³-hybridized carbons (Fsp3) is 0.0769. The molecular formula is C13H11FOS. The van der Waals surface area contributed by atoms with E-state index in [1.54, 1.807) is 23.5 Å². The average Bonchev–Trinajstić information content (AvgIpc) is 2.83. The molecule has 0 bridgehead atoms. The molecule has 82 valence electrons. The van der Waals surface area contributed by atoms with Gasteiger partial charge in [0.05, 0.1) is 6.26 Å². The third-order valence-electron chi connectivity index (χ3n) is 2.29. The molecule has 1 aromatic carbocycles. The topological polar surface area (TPSA) is 20.2 Å². The summed E-state index contributed by atoms with van der Waals surface area (Å²) in [6, 6.07) is 11.3. The highest BCUT2D eigenvalue weighted by molar-refractivity contribution is 7.13. The van der Waals surface area contributed by atoms with Gasteiger partial charge in [-0.15, -0.1) is 11.3 Å². The molecular weight excluding hydrogens is 223 g/mol. The zero-order valence-corrected chi connectivity index (χ0v) is 9.32. The van der Waals surface area contributed by atoms with Gasteiger partial charge in [0, 0.05) is 4.88 Å². The van der Waals surface area contributed by atoms with Gasteiger partial charge >= 0.3 is 0 Å². The van der Waals surface area contributed by atoms with Crippen molar-refractivity contribution in [2.75, 3.05) is 0 Å². The number of benzene rings is 1. The molecule has 2 aromatic rings. The summed E-state index contributed by atoms with van der Waals surface area (Å²) in [5.41, 5.74) is 1.63. The van der Waals surface area contributed by atoms with Crippen LogP contribution in [0.3, 0.4) is 0 Å². The van der Waals surface area contributed by atoms with Gasteiger partial charge in [0.2, 0.25) is 0 Å². The lowest BCUT2D eigenvalue weighted by Crippen LogP contribution is -1.86. The van der Waals surface area contributed by atoms with E-state index in [1.807, 2.05) is 29.6 Å². The minimum absolute atomic E-state index is 0.547. The van der Waals surface area contributed by atoms with Crippen LogP contribution in [-0.4, -0.2) is 5.11 Å². The van der Waals surface area contributed by atoms with Gasteiger partial charge in [0.1, 0.15) is 6.17 Å². The number of rotatable bonds is 3. The molecule has 0 radical (unpaired) electrons. The first-order valence-electron chi connectivity index (χ1n) is 4.90. The standard InChI is InChI=1S/C13H11FOS/c14-12(7-8-15)10-3-5-11(6-4-10)13-2-1-9-16-13/h1-9,12,15H/b8-7-. The van der Waals surface area contributed by atoms with Gasteiger partial charge in [-0.2, -0.15) is 0 Å². The van der Waals surface area contributed by atoms with Crippen molar-refractivity contribution in [3.8, 4) is 10.4 Å². The maximum absolute atomic E-state index is 13.4. The Labute approximate surface area is 97.5 Å². The normalized spacial score (nSPS) is 13.1. The quantitative estimate of drug-likeness (QED) is 0.775. The highest BCUT2D eigenvalue weighted by Gasteiger charge is 2.06. The first-order valence-corrected chi connectivity index (χ1v) is 5.78. The van der Waals surface area contributed by atoms with Crippen molar-refractivity contribution in [2.24, 2.45) is 0 Å². The third kappa shape index (κ3) is 2.31. The van der Waals surface area contributed by atoms with Crippen molar-refractivity contribution < 1.29 is 9.50 Å². The fourth-order valence-corrected chi connectivity index (χ4v) is 2.19. The monoisotopic (exact) mass is 234 g/mol. The second kappa shape index (κ2) is 4.94. The average molecular weight is 234 g/mol. The van der Waals surface area contributed by atoms with E-state index in [0.29, 0.717) is 5.56 Å². The van der Waals surface area contributed by atoms with E-state index >= 15 is 0 Å². The number of halogens is 1. The highest BCUT2D eigenvalue weighted by atomic mass is 32.1. The molecule has 1 atom stereocenters. The zero-order valence-electron chi connectivity index (χ0n) is 8.51. The molecule has 16 heavy (non-hydrogen) atoms. The van der Waals surface area contributed by atoms with Crippen molar-refractivity contribution in [1.29, 1.82) is 0 Å². The van der Waals surface area contributed by atoms with Crippen LogP contribution in [0.4, 0.5) is 4.39 Å². The molecule has 0 aliphatic carbocycles. The van der Waals surface area contributed by atoms with Gasteiger partial charge < -0.3 is 5.11 Å². The third-order valence-corrected chi connectivity index (χ3v) is 3.21. The zero-order chi connectivity index (χ0) is 11.4. The van der Waals surface area contributed by atoms with Crippen LogP contribution in [0.15, 0.2) is 54.1 Å². The molecule has 1 nitrogen and oxygen atoms in total. The number of aliphatic hydroxyl groups is 1. The van der Waals surface area contributed by atoms with Gasteiger partial charge in [-0.3, -0.25) is 0 Å². The molecule has 0 fully saturated rings. The van der Waals surface area contributed by atoms with Crippen LogP contribution in [0.25, 0.3) is 10.4 Å². The van der Waals surface area contributed by atoms with E-state index in [4.69, 9.17) is 5.11 Å². The van der Waals surface area contributed by atoms with E-state index in [2.05, 4.69) is 0 Å². The first kappa shape index (κ1) is 10.9. The molecule has 1 heterocycles. The summed E-state index contributed by atoms with van der Waals surface area (Å²) < 4.78 is 13.4. The Hall–Kier alpha value is -1.61. The molecule has 0 aliphatic rings. The number of aliphatic hydroxyl groups excluding tert-OH is 1. The molecule has 0 aliphatic heterocycles. The maximum Gasteiger partial charge on any atom is 0.147 e. The van der Waals surface area contributed by atoms with E-state index < -0.39 is 6.17 Å². The minimum atomic E-state index is -1.25. The second-order valence-electron chi connectivity index (χ2n) is 3.34. The summed E-state index contributed by atoms with van der Waals surface area (Å²) in [5, 5.41) is 10.5. The van der Waals surface area contributed by atoms with E-state index in [0.717, 1.165) is 17.9 Å². The number of hydrogen-bond acceptors (Lipinski definition) is 2. The summed E-state index contributed by atoms with van der Waals surface area (Å²) in [7, 11) is 0. The van der Waals surface area contributed by atoms with Crippen LogP contribution in [0.2, 0.25) is 0 Å². The summed E-state index contributed by atoms with van der Waals surface area (Å²) >= 11 is 1.65. The fourth-order valence-electron chi connectivity index (χ4n) is 1.46. The molecule has 0 amide bonds. The van der Waals surface area contributed by atoms with Crippen LogP contribution in [0, 0.1) is 0 Å². The largest absolute Gasteiger partial charge is 0.516 e. The van der Waals surface area contributed by atoms with Gasteiger partial charge in [0.15, 0.2) is 0 Å². The smallest absolute Gasteiger partial charge is 0.147 e. The summed E-state index contributed by atoms with van der Waals surface area (Å²) in [4.78, 5) is 1.17. The van der Waals surface area contributed by atoms with Gasteiger partial charge in [0.25, 0.3) is 0 Å². The van der Waals surface area contributed by atoms with Crippen LogP contribution >= 0.6 is 11.3 Å². The Morgan fingerprint density at radius 1 is 1.19 bits per heavy atom. The van der Waals surface area contributed by atoms with Gasteiger partial charge in [-0.25, -0.2) is 4.39 Å². The lowest BCUT2D eigenvalue weighted by molar-refractivity contribution is 0.396. The minimum Gasteiger partial charge on any atom is -0.516 e. The Kier molecular flexibility index (Phi) is 3.37. The van der Waals surface area contributed by atoms with Crippen LogP contribution in [0.5, 0.6) is 0 Å².